The van der Waals surface area contributed by atoms with Crippen LogP contribution >= 0.6 is 11.8 Å². The number of nitrogen functional groups attached to an aromatic ring is 1. The number of nitrogens with two attached hydrogens (primary N) is 1. The molecule has 0 fully saturated rings. The SMILES string of the molecule is Cc1ccccc1Nc1nc(N)nc(COC(=O)CSc2ccccc2)n1. The molecule has 0 saturated heterocycles. The van der Waals surface area contributed by atoms with Crippen molar-refractivity contribution in [3.05, 3.63) is 66.0 Å². The summed E-state index contributed by atoms with van der Waals surface area (Å²) in [7, 11) is 0. The summed E-state index contributed by atoms with van der Waals surface area (Å²) >= 11 is 1.41. The summed E-state index contributed by atoms with van der Waals surface area (Å²) in [6.45, 7) is 1.91. The molecule has 0 bridgehead atoms. The molecule has 27 heavy (non-hydrogen) atoms. The van der Waals surface area contributed by atoms with Crippen molar-refractivity contribution in [3.8, 4) is 0 Å². The number of aromatic nitrogens is 3. The third-order valence-corrected chi connectivity index (χ3v) is 4.54. The molecule has 8 heteroatoms. The monoisotopic (exact) mass is 381 g/mol. The molecule has 7 nitrogen and oxygen atoms in total. The number of hydrogen-bond donors (Lipinski definition) is 2. The Bertz CT molecular complexity index is 921. The van der Waals surface area contributed by atoms with E-state index in [1.807, 2.05) is 61.5 Å². The number of ether oxygens (including phenoxy) is 1. The molecule has 3 N–H and O–H groups in total. The number of carbonyl (C=O) groups is 1. The second kappa shape index (κ2) is 9.00. The summed E-state index contributed by atoms with van der Waals surface area (Å²) in [6, 6.07) is 17.4. The van der Waals surface area contributed by atoms with Crippen molar-refractivity contribution in [2.24, 2.45) is 0 Å². The molecule has 0 saturated carbocycles. The first-order valence-corrected chi connectivity index (χ1v) is 9.25. The van der Waals surface area contributed by atoms with Gasteiger partial charge in [-0.25, -0.2) is 0 Å². The van der Waals surface area contributed by atoms with Crippen LogP contribution in [-0.2, 0) is 16.1 Å². The number of hydrogen-bond acceptors (Lipinski definition) is 8. The van der Waals surface area contributed by atoms with Crippen LogP contribution in [0, 0.1) is 6.92 Å². The summed E-state index contributed by atoms with van der Waals surface area (Å²) in [5.74, 6) is 0.513. The standard InChI is InChI=1S/C19H19N5O2S/c1-13-7-5-6-10-15(13)21-19-23-16(22-18(20)24-19)11-26-17(25)12-27-14-8-3-2-4-9-14/h2-10H,11-12H2,1H3,(H3,20,21,22,23,24). The first-order valence-electron chi connectivity index (χ1n) is 8.27. The minimum atomic E-state index is -0.351. The van der Waals surface area contributed by atoms with Crippen LogP contribution < -0.4 is 11.1 Å². The Morgan fingerprint density at radius 1 is 1.07 bits per heavy atom. The summed E-state index contributed by atoms with van der Waals surface area (Å²) in [6.07, 6.45) is 0. The lowest BCUT2D eigenvalue weighted by molar-refractivity contribution is -0.141. The number of nitrogens with one attached hydrogen (secondary N) is 1. The molecule has 0 amide bonds. The highest BCUT2D eigenvalue weighted by Crippen LogP contribution is 2.19. The Morgan fingerprint density at radius 2 is 1.81 bits per heavy atom. The minimum absolute atomic E-state index is 0.0609. The second-order valence-corrected chi connectivity index (χ2v) is 6.68. The van der Waals surface area contributed by atoms with Crippen LogP contribution in [0.1, 0.15) is 11.4 Å². The van der Waals surface area contributed by atoms with Gasteiger partial charge in [-0.05, 0) is 30.7 Å². The number of benzene rings is 2. The van der Waals surface area contributed by atoms with Gasteiger partial charge in [0.2, 0.25) is 11.9 Å². The van der Waals surface area contributed by atoms with E-state index >= 15 is 0 Å². The summed E-state index contributed by atoms with van der Waals surface area (Å²) in [5, 5.41) is 3.10. The first kappa shape index (κ1) is 18.7. The van der Waals surface area contributed by atoms with Gasteiger partial charge in [-0.3, -0.25) is 4.79 Å². The van der Waals surface area contributed by atoms with Crippen LogP contribution in [0.5, 0.6) is 0 Å². The van der Waals surface area contributed by atoms with Crippen LogP contribution in [-0.4, -0.2) is 26.7 Å². The third kappa shape index (κ3) is 5.68. The molecule has 0 aliphatic rings. The zero-order valence-electron chi connectivity index (χ0n) is 14.8. The Labute approximate surface area is 161 Å². The molecular weight excluding hydrogens is 362 g/mol. The zero-order valence-corrected chi connectivity index (χ0v) is 15.6. The van der Waals surface area contributed by atoms with E-state index in [-0.39, 0.29) is 30.1 Å². The molecule has 2 aromatic carbocycles. The van der Waals surface area contributed by atoms with Crippen molar-refractivity contribution in [2.75, 3.05) is 16.8 Å². The molecule has 138 valence electrons. The Hall–Kier alpha value is -3.13. The van der Waals surface area contributed by atoms with Crippen molar-refractivity contribution >= 4 is 35.3 Å². The van der Waals surface area contributed by atoms with Crippen molar-refractivity contribution in [3.63, 3.8) is 0 Å². The molecule has 0 spiro atoms. The summed E-state index contributed by atoms with van der Waals surface area (Å²) < 4.78 is 5.24. The molecule has 3 aromatic rings. The van der Waals surface area contributed by atoms with Gasteiger partial charge in [0.25, 0.3) is 0 Å². The van der Waals surface area contributed by atoms with Gasteiger partial charge in [0, 0.05) is 10.6 Å². The van der Waals surface area contributed by atoms with E-state index in [0.717, 1.165) is 16.1 Å². The van der Waals surface area contributed by atoms with Gasteiger partial charge in [-0.1, -0.05) is 36.4 Å². The molecule has 0 unspecified atom stereocenters. The number of rotatable bonds is 7. The smallest absolute Gasteiger partial charge is 0.316 e. The van der Waals surface area contributed by atoms with E-state index in [0.29, 0.717) is 5.95 Å². The predicted molar refractivity (Wildman–Crippen MR) is 106 cm³/mol. The average Bonchev–Trinajstić information content (AvgIpc) is 2.67. The fourth-order valence-corrected chi connectivity index (χ4v) is 2.96. The molecular formula is C19H19N5O2S. The van der Waals surface area contributed by atoms with Crippen LogP contribution in [0.2, 0.25) is 0 Å². The lowest BCUT2D eigenvalue weighted by atomic mass is 10.2. The highest BCUT2D eigenvalue weighted by atomic mass is 32.2. The van der Waals surface area contributed by atoms with Gasteiger partial charge in [-0.15, -0.1) is 11.8 Å². The Morgan fingerprint density at radius 3 is 2.59 bits per heavy atom. The molecule has 0 atom stereocenters. The Kier molecular flexibility index (Phi) is 6.22. The number of carbonyl (C=O) groups excluding carboxylic acids is 1. The molecule has 0 radical (unpaired) electrons. The van der Waals surface area contributed by atoms with Crippen molar-refractivity contribution < 1.29 is 9.53 Å². The molecule has 1 heterocycles. The second-order valence-electron chi connectivity index (χ2n) is 5.64. The van der Waals surface area contributed by atoms with E-state index in [1.165, 1.54) is 11.8 Å². The van der Waals surface area contributed by atoms with Crippen molar-refractivity contribution in [1.82, 2.24) is 15.0 Å². The Balaban J connectivity index is 1.57. The van der Waals surface area contributed by atoms with Gasteiger partial charge in [0.15, 0.2) is 12.4 Å². The first-order chi connectivity index (χ1) is 13.1. The maximum absolute atomic E-state index is 11.9. The third-order valence-electron chi connectivity index (χ3n) is 3.55. The fraction of sp³-hybridized carbons (Fsp3) is 0.158. The molecule has 0 aliphatic heterocycles. The van der Waals surface area contributed by atoms with Crippen LogP contribution in [0.4, 0.5) is 17.6 Å². The average molecular weight is 381 g/mol. The largest absolute Gasteiger partial charge is 0.457 e. The lowest BCUT2D eigenvalue weighted by Gasteiger charge is -2.09. The summed E-state index contributed by atoms with van der Waals surface area (Å²) in [5.41, 5.74) is 7.66. The number of esters is 1. The van der Waals surface area contributed by atoms with Gasteiger partial charge >= 0.3 is 5.97 Å². The maximum Gasteiger partial charge on any atom is 0.316 e. The quantitative estimate of drug-likeness (QED) is 0.474. The van der Waals surface area contributed by atoms with Crippen molar-refractivity contribution in [1.29, 1.82) is 0 Å². The topological polar surface area (TPSA) is 103 Å². The fourth-order valence-electron chi connectivity index (χ4n) is 2.24. The minimum Gasteiger partial charge on any atom is -0.457 e. The van der Waals surface area contributed by atoms with E-state index in [2.05, 4.69) is 20.3 Å². The number of nitrogens with zero attached hydrogens (tertiary/aromatic N) is 3. The van der Waals surface area contributed by atoms with Gasteiger partial charge in [0.05, 0.1) is 5.75 Å². The molecule has 3 rings (SSSR count). The van der Waals surface area contributed by atoms with E-state index in [4.69, 9.17) is 10.5 Å². The van der Waals surface area contributed by atoms with Crippen LogP contribution in [0.25, 0.3) is 0 Å². The van der Waals surface area contributed by atoms with Crippen LogP contribution in [0.3, 0.4) is 0 Å². The van der Waals surface area contributed by atoms with Crippen molar-refractivity contribution in [2.45, 2.75) is 18.4 Å². The molecule has 1 aromatic heterocycles. The normalized spacial score (nSPS) is 10.4. The van der Waals surface area contributed by atoms with E-state index in [1.54, 1.807) is 0 Å². The molecule has 0 aliphatic carbocycles. The van der Waals surface area contributed by atoms with Gasteiger partial charge in [-0.2, -0.15) is 15.0 Å². The lowest BCUT2D eigenvalue weighted by Crippen LogP contribution is -2.12. The highest BCUT2D eigenvalue weighted by molar-refractivity contribution is 8.00. The number of para-hydroxylation sites is 1. The number of aryl methyl sites for hydroxylation is 1. The van der Waals surface area contributed by atoms with Crippen LogP contribution in [0.15, 0.2) is 59.5 Å². The number of anilines is 3. The van der Waals surface area contributed by atoms with E-state index < -0.39 is 0 Å². The highest BCUT2D eigenvalue weighted by Gasteiger charge is 2.10. The van der Waals surface area contributed by atoms with Gasteiger partial charge in [0.1, 0.15) is 0 Å². The maximum atomic E-state index is 11.9. The number of thioether (sulfide) groups is 1. The zero-order chi connectivity index (χ0) is 19.1. The predicted octanol–water partition coefficient (Wildman–Crippen LogP) is 3.34. The van der Waals surface area contributed by atoms with E-state index in [9.17, 15) is 4.79 Å². The van der Waals surface area contributed by atoms with Gasteiger partial charge < -0.3 is 15.8 Å². The summed E-state index contributed by atoms with van der Waals surface area (Å²) in [4.78, 5) is 25.3.